The number of unbranched alkanes of at least 4 members (excludes halogenated alkanes) is 10. The number of allylic oxidation sites excluding steroid dienone is 4. The molecular formula is C29H52N2O4. The number of nitrogens with one attached hydrogen (secondary N) is 1. The molecule has 6 nitrogen and oxygen atoms in total. The molecule has 2 atom stereocenters. The van der Waals surface area contributed by atoms with Gasteiger partial charge >= 0.3 is 0 Å². The molecule has 0 radical (unpaired) electrons. The summed E-state index contributed by atoms with van der Waals surface area (Å²) in [5.74, 6) is 0.134. The van der Waals surface area contributed by atoms with Crippen LogP contribution in [0.5, 0.6) is 0 Å². The summed E-state index contributed by atoms with van der Waals surface area (Å²) in [5, 5.41) is 22.0. The number of aliphatic hydroxyl groups excluding tert-OH is 2. The van der Waals surface area contributed by atoms with Crippen LogP contribution in [0.2, 0.25) is 0 Å². The molecule has 0 bridgehead atoms. The van der Waals surface area contributed by atoms with Crippen molar-refractivity contribution in [2.24, 2.45) is 0 Å². The molecule has 2 amide bonds. The predicted octanol–water partition coefficient (Wildman–Crippen LogP) is 5.43. The molecule has 6 heteroatoms. The SMILES string of the molecule is CCCCC/C=C\C/C=C\CCCCCCCC(=O)NCCCCCC(=O)N1C[C@H](O)C[C@H]1CO. The van der Waals surface area contributed by atoms with Gasteiger partial charge < -0.3 is 20.4 Å². The first-order valence-corrected chi connectivity index (χ1v) is 14.2. The van der Waals surface area contributed by atoms with E-state index in [1.165, 1.54) is 44.9 Å². The fraction of sp³-hybridized carbons (Fsp3) is 0.793. The maximum absolute atomic E-state index is 12.2. The highest BCUT2D eigenvalue weighted by Crippen LogP contribution is 2.19. The molecule has 1 rings (SSSR count). The van der Waals surface area contributed by atoms with Crippen molar-refractivity contribution in [1.29, 1.82) is 0 Å². The van der Waals surface area contributed by atoms with Crippen LogP contribution in [0.4, 0.5) is 0 Å². The molecule has 0 spiro atoms. The Morgan fingerprint density at radius 1 is 0.857 bits per heavy atom. The van der Waals surface area contributed by atoms with E-state index in [9.17, 15) is 19.8 Å². The fourth-order valence-corrected chi connectivity index (χ4v) is 4.51. The average molecular weight is 493 g/mol. The number of hydrogen-bond donors (Lipinski definition) is 3. The van der Waals surface area contributed by atoms with Crippen LogP contribution in [0, 0.1) is 0 Å². The van der Waals surface area contributed by atoms with Gasteiger partial charge in [0, 0.05) is 25.9 Å². The summed E-state index contributed by atoms with van der Waals surface area (Å²) in [7, 11) is 0. The second kappa shape index (κ2) is 21.6. The zero-order valence-corrected chi connectivity index (χ0v) is 22.3. The predicted molar refractivity (Wildman–Crippen MR) is 144 cm³/mol. The van der Waals surface area contributed by atoms with Gasteiger partial charge in [0.2, 0.25) is 11.8 Å². The third-order valence-corrected chi connectivity index (χ3v) is 6.67. The highest BCUT2D eigenvalue weighted by molar-refractivity contribution is 5.77. The first-order valence-electron chi connectivity index (χ1n) is 14.2. The second-order valence-corrected chi connectivity index (χ2v) is 9.91. The number of amides is 2. The molecule has 1 saturated heterocycles. The third kappa shape index (κ3) is 16.6. The maximum atomic E-state index is 12.2. The van der Waals surface area contributed by atoms with E-state index in [0.717, 1.165) is 44.9 Å². The Bertz CT molecular complexity index is 605. The van der Waals surface area contributed by atoms with Crippen molar-refractivity contribution in [3.63, 3.8) is 0 Å². The van der Waals surface area contributed by atoms with Gasteiger partial charge in [-0.05, 0) is 57.8 Å². The molecule has 0 aliphatic carbocycles. The van der Waals surface area contributed by atoms with Crippen molar-refractivity contribution in [2.75, 3.05) is 19.7 Å². The van der Waals surface area contributed by atoms with Gasteiger partial charge in [0.25, 0.3) is 0 Å². The quantitative estimate of drug-likeness (QED) is 0.147. The number of carbonyl (C=O) groups is 2. The largest absolute Gasteiger partial charge is 0.394 e. The molecule has 0 aromatic carbocycles. The minimum atomic E-state index is -0.522. The van der Waals surface area contributed by atoms with Crippen LogP contribution in [-0.2, 0) is 9.59 Å². The molecule has 0 aromatic heterocycles. The van der Waals surface area contributed by atoms with Crippen LogP contribution in [0.3, 0.4) is 0 Å². The molecule has 1 fully saturated rings. The van der Waals surface area contributed by atoms with Gasteiger partial charge in [-0.25, -0.2) is 0 Å². The summed E-state index contributed by atoms with van der Waals surface area (Å²) in [5.41, 5.74) is 0. The summed E-state index contributed by atoms with van der Waals surface area (Å²) in [6, 6.07) is -0.244. The Labute approximate surface area is 214 Å². The summed E-state index contributed by atoms with van der Waals surface area (Å²) in [4.78, 5) is 25.8. The van der Waals surface area contributed by atoms with Crippen molar-refractivity contribution in [3.8, 4) is 0 Å². The average Bonchev–Trinajstić information content (AvgIpc) is 3.24. The number of carbonyl (C=O) groups excluding carboxylic acids is 2. The molecule has 35 heavy (non-hydrogen) atoms. The summed E-state index contributed by atoms with van der Waals surface area (Å²) in [6.07, 6.45) is 25.7. The van der Waals surface area contributed by atoms with Crippen LogP contribution in [0.25, 0.3) is 0 Å². The van der Waals surface area contributed by atoms with Gasteiger partial charge in [-0.2, -0.15) is 0 Å². The van der Waals surface area contributed by atoms with Gasteiger partial charge in [0.1, 0.15) is 0 Å². The smallest absolute Gasteiger partial charge is 0.222 e. The van der Waals surface area contributed by atoms with Crippen LogP contribution in [-0.4, -0.2) is 58.8 Å². The van der Waals surface area contributed by atoms with E-state index < -0.39 is 6.10 Å². The Morgan fingerprint density at radius 3 is 2.20 bits per heavy atom. The minimum absolute atomic E-state index is 0.00554. The third-order valence-electron chi connectivity index (χ3n) is 6.67. The Hall–Kier alpha value is -1.66. The maximum Gasteiger partial charge on any atom is 0.222 e. The van der Waals surface area contributed by atoms with Crippen molar-refractivity contribution < 1.29 is 19.8 Å². The molecule has 1 heterocycles. The lowest BCUT2D eigenvalue weighted by molar-refractivity contribution is -0.133. The van der Waals surface area contributed by atoms with E-state index in [4.69, 9.17) is 0 Å². The van der Waals surface area contributed by atoms with E-state index in [2.05, 4.69) is 36.5 Å². The van der Waals surface area contributed by atoms with Gasteiger partial charge in [0.15, 0.2) is 0 Å². The number of nitrogens with zero attached hydrogens (tertiary/aromatic N) is 1. The molecule has 0 aromatic rings. The first kappa shape index (κ1) is 31.4. The number of rotatable bonds is 21. The van der Waals surface area contributed by atoms with Gasteiger partial charge in [-0.3, -0.25) is 9.59 Å². The standard InChI is InChI=1S/C29H52N2O4/c1-2-3-4-5-6-7-8-9-10-11-12-13-14-15-17-20-28(34)30-22-19-16-18-21-29(35)31-24-27(33)23-26(31)25-32/h6-7,9-10,26-27,32-33H,2-5,8,11-25H2,1H3,(H,30,34)/b7-6-,10-9-/t26-,27+/m0/s1. The van der Waals surface area contributed by atoms with Crippen LogP contribution >= 0.6 is 0 Å². The van der Waals surface area contributed by atoms with E-state index in [0.29, 0.717) is 32.4 Å². The number of β-amino-alcohol motifs (C(OH)–C–C–N with tert-alkyl or cyclic N) is 1. The van der Waals surface area contributed by atoms with Crippen LogP contribution in [0.15, 0.2) is 24.3 Å². The van der Waals surface area contributed by atoms with Gasteiger partial charge in [0.05, 0.1) is 18.8 Å². The van der Waals surface area contributed by atoms with E-state index in [-0.39, 0.29) is 24.5 Å². The minimum Gasteiger partial charge on any atom is -0.394 e. The highest BCUT2D eigenvalue weighted by Gasteiger charge is 2.33. The Balaban J connectivity index is 1.87. The lowest BCUT2D eigenvalue weighted by Gasteiger charge is -2.22. The lowest BCUT2D eigenvalue weighted by Crippen LogP contribution is -2.37. The van der Waals surface area contributed by atoms with Crippen LogP contribution < -0.4 is 5.32 Å². The monoisotopic (exact) mass is 492 g/mol. The van der Waals surface area contributed by atoms with Crippen molar-refractivity contribution >= 4 is 11.8 Å². The Kier molecular flexibility index (Phi) is 19.4. The second-order valence-electron chi connectivity index (χ2n) is 9.91. The Morgan fingerprint density at radius 2 is 1.49 bits per heavy atom. The summed E-state index contributed by atoms with van der Waals surface area (Å²) in [6.45, 7) is 3.13. The van der Waals surface area contributed by atoms with E-state index in [1.807, 2.05) is 0 Å². The van der Waals surface area contributed by atoms with Crippen LogP contribution in [0.1, 0.15) is 116 Å². The fourth-order valence-electron chi connectivity index (χ4n) is 4.51. The molecule has 0 saturated carbocycles. The summed E-state index contributed by atoms with van der Waals surface area (Å²) >= 11 is 0. The molecule has 202 valence electrons. The first-order chi connectivity index (χ1) is 17.1. The van der Waals surface area contributed by atoms with Crippen molar-refractivity contribution in [2.45, 2.75) is 128 Å². The molecule has 3 N–H and O–H groups in total. The number of likely N-dealkylation sites (tertiary alicyclic amines) is 1. The topological polar surface area (TPSA) is 89.9 Å². The molecule has 0 unspecified atom stereocenters. The van der Waals surface area contributed by atoms with Crippen molar-refractivity contribution in [3.05, 3.63) is 24.3 Å². The van der Waals surface area contributed by atoms with Gasteiger partial charge in [-0.1, -0.05) is 69.8 Å². The van der Waals surface area contributed by atoms with Crippen molar-refractivity contribution in [1.82, 2.24) is 10.2 Å². The van der Waals surface area contributed by atoms with E-state index >= 15 is 0 Å². The van der Waals surface area contributed by atoms with Gasteiger partial charge in [-0.15, -0.1) is 0 Å². The number of aliphatic hydroxyl groups is 2. The summed E-state index contributed by atoms with van der Waals surface area (Å²) < 4.78 is 0. The zero-order chi connectivity index (χ0) is 25.6. The normalized spacial score (nSPS) is 18.2. The highest BCUT2D eigenvalue weighted by atomic mass is 16.3. The zero-order valence-electron chi connectivity index (χ0n) is 22.3. The molecule has 1 aliphatic heterocycles. The molecular weight excluding hydrogens is 440 g/mol. The molecule has 1 aliphatic rings. The lowest BCUT2D eigenvalue weighted by atomic mass is 10.1. The number of hydrogen-bond acceptors (Lipinski definition) is 4. The van der Waals surface area contributed by atoms with E-state index in [1.54, 1.807) is 4.90 Å².